The maximum Gasteiger partial charge on any atom is 0.321 e. The number of nitrogens with zero attached hydrogens (tertiary/aromatic N) is 1. The van der Waals surface area contributed by atoms with Gasteiger partial charge in [0.05, 0.1) is 7.11 Å². The molecule has 2 saturated heterocycles. The lowest BCUT2D eigenvalue weighted by Gasteiger charge is -2.34. The molecule has 2 amide bonds. The number of ether oxygens (including phenoxy) is 1. The fraction of sp³-hybridized carbons (Fsp3) is 0.435. The first-order valence-electron chi connectivity index (χ1n) is 10.4. The van der Waals surface area contributed by atoms with Crippen LogP contribution in [-0.2, 0) is 0 Å². The predicted octanol–water partition coefficient (Wildman–Crippen LogP) is 3.86. The molecule has 0 aliphatic carbocycles. The van der Waals surface area contributed by atoms with Crippen LogP contribution in [-0.4, -0.2) is 37.2 Å². The minimum atomic E-state index is -0.000865. The Bertz CT molecular complexity index is 831. The van der Waals surface area contributed by atoms with Crippen molar-refractivity contribution in [1.82, 2.24) is 15.8 Å². The predicted molar refractivity (Wildman–Crippen MR) is 115 cm³/mol. The molecule has 2 aromatic carbocycles. The van der Waals surface area contributed by atoms with Crippen LogP contribution in [0.5, 0.6) is 5.75 Å². The Morgan fingerprint density at radius 3 is 2.59 bits per heavy atom. The number of likely N-dealkylation sites (tertiary alicyclic amines) is 1. The highest BCUT2D eigenvalue weighted by molar-refractivity contribution is 5.89. The third kappa shape index (κ3) is 4.71. The quantitative estimate of drug-likeness (QED) is 0.737. The van der Waals surface area contributed by atoms with Gasteiger partial charge in [-0.05, 0) is 61.9 Å². The van der Waals surface area contributed by atoms with Gasteiger partial charge in [0.15, 0.2) is 0 Å². The summed E-state index contributed by atoms with van der Waals surface area (Å²) in [5, 5.41) is 3.01. The van der Waals surface area contributed by atoms with Crippen molar-refractivity contribution < 1.29 is 9.53 Å². The van der Waals surface area contributed by atoms with Gasteiger partial charge in [0.1, 0.15) is 5.75 Å². The number of carbonyl (C=O) groups excluding carboxylic acids is 1. The van der Waals surface area contributed by atoms with Gasteiger partial charge in [-0.25, -0.2) is 4.79 Å². The number of rotatable bonds is 4. The van der Waals surface area contributed by atoms with Gasteiger partial charge in [0, 0.05) is 30.9 Å². The molecule has 0 aromatic heterocycles. The Hall–Kier alpha value is -2.57. The van der Waals surface area contributed by atoms with Gasteiger partial charge >= 0.3 is 6.03 Å². The summed E-state index contributed by atoms with van der Waals surface area (Å²) in [6.45, 7) is 3.63. The summed E-state index contributed by atoms with van der Waals surface area (Å²) >= 11 is 0. The molecule has 0 radical (unpaired) electrons. The summed E-state index contributed by atoms with van der Waals surface area (Å²) in [5.41, 5.74) is 10.2. The SMILES string of the molecule is COc1cccc(C2CC(C3CCN(C(=O)Nc4ccc(C)cc4)CC3)NN2)c1. The van der Waals surface area contributed by atoms with Crippen LogP contribution in [0.1, 0.15) is 36.4 Å². The Kier molecular flexibility index (Phi) is 6.02. The fourth-order valence-corrected chi connectivity index (χ4v) is 4.31. The first kappa shape index (κ1) is 19.7. The Balaban J connectivity index is 1.27. The molecule has 2 aliphatic heterocycles. The number of benzene rings is 2. The van der Waals surface area contributed by atoms with Crippen LogP contribution >= 0.6 is 0 Å². The van der Waals surface area contributed by atoms with Crippen LogP contribution in [0.3, 0.4) is 0 Å². The first-order chi connectivity index (χ1) is 14.1. The lowest BCUT2D eigenvalue weighted by atomic mass is 9.86. The van der Waals surface area contributed by atoms with Crippen molar-refractivity contribution in [2.24, 2.45) is 5.92 Å². The summed E-state index contributed by atoms with van der Waals surface area (Å²) in [6.07, 6.45) is 3.09. The number of hydrogen-bond acceptors (Lipinski definition) is 4. The van der Waals surface area contributed by atoms with Crippen LogP contribution < -0.4 is 20.9 Å². The van der Waals surface area contributed by atoms with Gasteiger partial charge in [0.2, 0.25) is 0 Å². The van der Waals surface area contributed by atoms with Crippen molar-refractivity contribution in [3.8, 4) is 5.75 Å². The van der Waals surface area contributed by atoms with E-state index < -0.39 is 0 Å². The van der Waals surface area contributed by atoms with E-state index in [1.165, 1.54) is 11.1 Å². The number of amides is 2. The smallest absolute Gasteiger partial charge is 0.321 e. The average Bonchev–Trinajstić information content (AvgIpc) is 3.26. The van der Waals surface area contributed by atoms with E-state index in [9.17, 15) is 4.79 Å². The third-order valence-electron chi connectivity index (χ3n) is 6.13. The Labute approximate surface area is 172 Å². The van der Waals surface area contributed by atoms with Gasteiger partial charge < -0.3 is 15.0 Å². The zero-order valence-electron chi connectivity index (χ0n) is 17.2. The van der Waals surface area contributed by atoms with Gasteiger partial charge in [-0.2, -0.15) is 0 Å². The molecule has 29 heavy (non-hydrogen) atoms. The minimum absolute atomic E-state index is 0.000865. The molecule has 2 atom stereocenters. The molecule has 154 valence electrons. The van der Waals surface area contributed by atoms with Crippen LogP contribution in [0.15, 0.2) is 48.5 Å². The lowest BCUT2D eigenvalue weighted by Crippen LogP contribution is -2.45. The van der Waals surface area contributed by atoms with Gasteiger partial charge in [-0.3, -0.25) is 10.9 Å². The highest BCUT2D eigenvalue weighted by Crippen LogP contribution is 2.31. The van der Waals surface area contributed by atoms with Crippen molar-refractivity contribution in [2.75, 3.05) is 25.5 Å². The standard InChI is InChI=1S/C23H30N4O2/c1-16-6-8-19(9-7-16)24-23(28)27-12-10-17(11-13-27)21-15-22(26-25-21)18-4-3-5-20(14-18)29-2/h3-9,14,17,21-22,25-26H,10-13,15H2,1-2H3,(H,24,28). The molecule has 0 saturated carbocycles. The summed E-state index contributed by atoms with van der Waals surface area (Å²) in [4.78, 5) is 14.5. The number of aryl methyl sites for hydroxylation is 1. The largest absolute Gasteiger partial charge is 0.497 e. The van der Waals surface area contributed by atoms with Crippen molar-refractivity contribution in [3.05, 3.63) is 59.7 Å². The molecule has 6 heteroatoms. The first-order valence-corrected chi connectivity index (χ1v) is 10.4. The number of piperidine rings is 1. The van der Waals surface area contributed by atoms with E-state index >= 15 is 0 Å². The Morgan fingerprint density at radius 2 is 1.86 bits per heavy atom. The fourth-order valence-electron chi connectivity index (χ4n) is 4.31. The van der Waals surface area contributed by atoms with Gasteiger partial charge in [0.25, 0.3) is 0 Å². The highest BCUT2D eigenvalue weighted by atomic mass is 16.5. The number of hydrazine groups is 1. The second-order valence-corrected chi connectivity index (χ2v) is 8.08. The summed E-state index contributed by atoms with van der Waals surface area (Å²) < 4.78 is 5.35. The summed E-state index contributed by atoms with van der Waals surface area (Å²) in [5.74, 6) is 1.46. The molecule has 2 unspecified atom stereocenters. The number of hydrogen-bond donors (Lipinski definition) is 3. The number of carbonyl (C=O) groups is 1. The second kappa shape index (κ2) is 8.84. The minimum Gasteiger partial charge on any atom is -0.497 e. The van der Waals surface area contributed by atoms with Crippen LogP contribution in [0.25, 0.3) is 0 Å². The topological polar surface area (TPSA) is 65.6 Å². The molecule has 0 spiro atoms. The van der Waals surface area contributed by atoms with Crippen molar-refractivity contribution in [2.45, 2.75) is 38.3 Å². The third-order valence-corrected chi connectivity index (χ3v) is 6.13. The van der Waals surface area contributed by atoms with E-state index in [4.69, 9.17) is 4.74 Å². The van der Waals surface area contributed by atoms with Crippen molar-refractivity contribution >= 4 is 11.7 Å². The highest BCUT2D eigenvalue weighted by Gasteiger charge is 2.34. The zero-order valence-corrected chi connectivity index (χ0v) is 17.2. The maximum atomic E-state index is 12.6. The molecule has 2 aliphatic rings. The van der Waals surface area contributed by atoms with Crippen LogP contribution in [0.2, 0.25) is 0 Å². The van der Waals surface area contributed by atoms with Crippen LogP contribution in [0.4, 0.5) is 10.5 Å². The summed E-state index contributed by atoms with van der Waals surface area (Å²) in [6, 6.07) is 16.9. The average molecular weight is 395 g/mol. The monoisotopic (exact) mass is 394 g/mol. The molecule has 2 heterocycles. The molecule has 2 fully saturated rings. The van der Waals surface area contributed by atoms with Gasteiger partial charge in [-0.1, -0.05) is 29.8 Å². The van der Waals surface area contributed by atoms with Crippen LogP contribution in [0, 0.1) is 12.8 Å². The number of methoxy groups -OCH3 is 1. The molecule has 0 bridgehead atoms. The summed E-state index contributed by atoms with van der Waals surface area (Å²) in [7, 11) is 1.70. The molecule has 4 rings (SSSR count). The van der Waals surface area contributed by atoms with E-state index in [0.29, 0.717) is 12.0 Å². The van der Waals surface area contributed by atoms with E-state index in [-0.39, 0.29) is 12.1 Å². The molecular weight excluding hydrogens is 364 g/mol. The van der Waals surface area contributed by atoms with E-state index in [2.05, 4.69) is 28.3 Å². The van der Waals surface area contributed by atoms with Crippen molar-refractivity contribution in [1.29, 1.82) is 0 Å². The molecule has 2 aromatic rings. The Morgan fingerprint density at radius 1 is 1.10 bits per heavy atom. The van der Waals surface area contributed by atoms with Crippen molar-refractivity contribution in [3.63, 3.8) is 0 Å². The maximum absolute atomic E-state index is 12.6. The van der Waals surface area contributed by atoms with Gasteiger partial charge in [-0.15, -0.1) is 0 Å². The lowest BCUT2D eigenvalue weighted by molar-refractivity contribution is 0.169. The molecular formula is C23H30N4O2. The zero-order chi connectivity index (χ0) is 20.2. The molecule has 3 N–H and O–H groups in total. The van der Waals surface area contributed by atoms with E-state index in [0.717, 1.165) is 43.8 Å². The molecule has 6 nitrogen and oxygen atoms in total. The second-order valence-electron chi connectivity index (χ2n) is 8.08. The van der Waals surface area contributed by atoms with E-state index in [1.54, 1.807) is 7.11 Å². The number of urea groups is 1. The normalized spacial score (nSPS) is 22.5. The number of nitrogens with one attached hydrogen (secondary N) is 3. The van der Waals surface area contributed by atoms with E-state index in [1.807, 2.05) is 48.2 Å². The number of anilines is 1.